The van der Waals surface area contributed by atoms with Gasteiger partial charge in [0.1, 0.15) is 18.1 Å². The number of likely N-dealkylation sites (N-methyl/N-ethyl adjacent to an activating group) is 1. The Bertz CT molecular complexity index is 805. The molecule has 0 bridgehead atoms. The van der Waals surface area contributed by atoms with E-state index in [-0.39, 0.29) is 11.9 Å². The van der Waals surface area contributed by atoms with Crippen molar-refractivity contribution in [3.63, 3.8) is 0 Å². The summed E-state index contributed by atoms with van der Waals surface area (Å²) in [6.45, 7) is 1.36. The number of carbonyl (C=O) groups excluding carboxylic acids is 2. The molecule has 1 aliphatic heterocycles. The van der Waals surface area contributed by atoms with Crippen molar-refractivity contribution < 1.29 is 19.1 Å². The molecule has 2 N–H and O–H groups in total. The summed E-state index contributed by atoms with van der Waals surface area (Å²) in [4.78, 5) is 26.1. The molecule has 7 nitrogen and oxygen atoms in total. The predicted molar refractivity (Wildman–Crippen MR) is 97.7 cm³/mol. The van der Waals surface area contributed by atoms with E-state index in [1.807, 2.05) is 24.3 Å². The zero-order valence-electron chi connectivity index (χ0n) is 14.7. The summed E-state index contributed by atoms with van der Waals surface area (Å²) in [6, 6.07) is 12.1. The Kier molecular flexibility index (Phi) is 5.26. The summed E-state index contributed by atoms with van der Waals surface area (Å²) < 4.78 is 10.7. The van der Waals surface area contributed by atoms with E-state index in [4.69, 9.17) is 9.47 Å². The van der Waals surface area contributed by atoms with Gasteiger partial charge in [-0.3, -0.25) is 4.79 Å². The van der Waals surface area contributed by atoms with Crippen LogP contribution in [0.3, 0.4) is 0 Å². The Balaban J connectivity index is 1.62. The van der Waals surface area contributed by atoms with Gasteiger partial charge in [-0.05, 0) is 35.9 Å². The lowest BCUT2D eigenvalue weighted by molar-refractivity contribution is 0.0796. The first-order chi connectivity index (χ1) is 12.6. The molecule has 26 heavy (non-hydrogen) atoms. The highest BCUT2D eigenvalue weighted by molar-refractivity contribution is 5.99. The highest BCUT2D eigenvalue weighted by atomic mass is 16.5. The van der Waals surface area contributed by atoms with Crippen molar-refractivity contribution in [2.75, 3.05) is 32.6 Å². The van der Waals surface area contributed by atoms with Gasteiger partial charge in [-0.1, -0.05) is 12.1 Å². The van der Waals surface area contributed by atoms with Gasteiger partial charge in [-0.25, -0.2) is 4.79 Å². The van der Waals surface area contributed by atoms with Crippen LogP contribution in [-0.2, 0) is 6.54 Å². The number of urea groups is 1. The van der Waals surface area contributed by atoms with E-state index in [0.29, 0.717) is 36.7 Å². The second-order valence-electron chi connectivity index (χ2n) is 5.94. The van der Waals surface area contributed by atoms with Crippen LogP contribution in [0, 0.1) is 0 Å². The van der Waals surface area contributed by atoms with Crippen LogP contribution in [0.25, 0.3) is 0 Å². The normalized spacial score (nSPS) is 13.3. The molecule has 0 aromatic heterocycles. The minimum Gasteiger partial charge on any atom is -0.497 e. The van der Waals surface area contributed by atoms with Gasteiger partial charge >= 0.3 is 6.03 Å². The van der Waals surface area contributed by atoms with Crippen molar-refractivity contribution in [1.29, 1.82) is 0 Å². The topological polar surface area (TPSA) is 79.9 Å². The molecule has 2 aromatic rings. The summed E-state index contributed by atoms with van der Waals surface area (Å²) in [5.41, 5.74) is 1.93. The Morgan fingerprint density at radius 3 is 2.73 bits per heavy atom. The minimum atomic E-state index is -0.351. The first kappa shape index (κ1) is 17.6. The summed E-state index contributed by atoms with van der Waals surface area (Å²) in [6.07, 6.45) is 0. The van der Waals surface area contributed by atoms with Crippen LogP contribution in [0.5, 0.6) is 11.5 Å². The summed E-state index contributed by atoms with van der Waals surface area (Å²) in [7, 11) is 3.33. The fourth-order valence-electron chi connectivity index (χ4n) is 2.60. The van der Waals surface area contributed by atoms with Crippen molar-refractivity contribution in [3.8, 4) is 11.5 Å². The predicted octanol–water partition coefficient (Wildman–Crippen LogP) is 2.48. The number of hydrogen-bond acceptors (Lipinski definition) is 4. The number of hydrogen-bond donors (Lipinski definition) is 2. The van der Waals surface area contributed by atoms with Crippen molar-refractivity contribution >= 4 is 17.6 Å². The standard InChI is InChI=1S/C19H21N3O4/c1-22-9-10-26-17-8-5-14(11-16(17)18(22)23)21-19(24)20-12-13-3-6-15(25-2)7-4-13/h3-8,11H,9-10,12H2,1-2H3,(H2,20,21,24). The smallest absolute Gasteiger partial charge is 0.319 e. The van der Waals surface area contributed by atoms with Crippen LogP contribution in [-0.4, -0.2) is 44.1 Å². The molecule has 0 saturated carbocycles. The van der Waals surface area contributed by atoms with E-state index in [1.165, 1.54) is 0 Å². The third-order valence-corrected chi connectivity index (χ3v) is 4.11. The highest BCUT2D eigenvalue weighted by Crippen LogP contribution is 2.26. The van der Waals surface area contributed by atoms with E-state index in [9.17, 15) is 9.59 Å². The number of nitrogens with one attached hydrogen (secondary N) is 2. The molecule has 0 unspecified atom stereocenters. The monoisotopic (exact) mass is 355 g/mol. The van der Waals surface area contributed by atoms with E-state index >= 15 is 0 Å². The summed E-state index contributed by atoms with van der Waals surface area (Å²) in [5, 5.41) is 5.52. The first-order valence-corrected chi connectivity index (χ1v) is 8.27. The number of ether oxygens (including phenoxy) is 2. The third-order valence-electron chi connectivity index (χ3n) is 4.11. The zero-order chi connectivity index (χ0) is 18.5. The van der Waals surface area contributed by atoms with Gasteiger partial charge in [0.2, 0.25) is 0 Å². The lowest BCUT2D eigenvalue weighted by atomic mass is 10.1. The van der Waals surface area contributed by atoms with Crippen LogP contribution in [0.4, 0.5) is 10.5 Å². The molecule has 1 aliphatic rings. The second-order valence-corrected chi connectivity index (χ2v) is 5.94. The molecule has 0 aliphatic carbocycles. The Morgan fingerprint density at radius 2 is 2.00 bits per heavy atom. The van der Waals surface area contributed by atoms with Gasteiger partial charge in [0, 0.05) is 19.3 Å². The maximum absolute atomic E-state index is 12.3. The number of anilines is 1. The lowest BCUT2D eigenvalue weighted by Crippen LogP contribution is -2.29. The Labute approximate surface area is 151 Å². The van der Waals surface area contributed by atoms with Gasteiger partial charge < -0.3 is 25.0 Å². The zero-order valence-corrected chi connectivity index (χ0v) is 14.7. The Hall–Kier alpha value is -3.22. The molecule has 0 saturated heterocycles. The number of rotatable bonds is 4. The van der Waals surface area contributed by atoms with Gasteiger partial charge in [0.15, 0.2) is 0 Å². The fourth-order valence-corrected chi connectivity index (χ4v) is 2.60. The number of fused-ring (bicyclic) bond motifs is 1. The van der Waals surface area contributed by atoms with Crippen LogP contribution in [0.1, 0.15) is 15.9 Å². The van der Waals surface area contributed by atoms with Crippen molar-refractivity contribution in [2.45, 2.75) is 6.54 Å². The molecule has 136 valence electrons. The first-order valence-electron chi connectivity index (χ1n) is 8.27. The van der Waals surface area contributed by atoms with Crippen LogP contribution >= 0.6 is 0 Å². The number of nitrogens with zero attached hydrogens (tertiary/aromatic N) is 1. The Morgan fingerprint density at radius 1 is 1.23 bits per heavy atom. The van der Waals surface area contributed by atoms with Gasteiger partial charge in [-0.2, -0.15) is 0 Å². The molecule has 2 aromatic carbocycles. The molecule has 0 fully saturated rings. The molecule has 7 heteroatoms. The summed E-state index contributed by atoms with van der Waals surface area (Å²) in [5.74, 6) is 1.17. The second kappa shape index (κ2) is 7.77. The quantitative estimate of drug-likeness (QED) is 0.883. The van der Waals surface area contributed by atoms with E-state index < -0.39 is 0 Å². The van der Waals surface area contributed by atoms with E-state index in [1.54, 1.807) is 37.3 Å². The molecular weight excluding hydrogens is 334 g/mol. The van der Waals surface area contributed by atoms with Crippen molar-refractivity contribution in [3.05, 3.63) is 53.6 Å². The van der Waals surface area contributed by atoms with Crippen molar-refractivity contribution in [1.82, 2.24) is 10.2 Å². The molecule has 0 atom stereocenters. The minimum absolute atomic E-state index is 0.125. The largest absolute Gasteiger partial charge is 0.497 e. The number of carbonyl (C=O) groups is 2. The van der Waals surface area contributed by atoms with Crippen molar-refractivity contribution in [2.24, 2.45) is 0 Å². The number of amides is 3. The molecule has 3 rings (SSSR count). The van der Waals surface area contributed by atoms with Crippen LogP contribution in [0.2, 0.25) is 0 Å². The lowest BCUT2D eigenvalue weighted by Gasteiger charge is -2.13. The molecule has 3 amide bonds. The maximum Gasteiger partial charge on any atom is 0.319 e. The summed E-state index contributed by atoms with van der Waals surface area (Å²) >= 11 is 0. The van der Waals surface area contributed by atoms with Gasteiger partial charge in [0.05, 0.1) is 19.2 Å². The van der Waals surface area contributed by atoms with E-state index in [0.717, 1.165) is 11.3 Å². The van der Waals surface area contributed by atoms with Crippen LogP contribution in [0.15, 0.2) is 42.5 Å². The molecule has 0 spiro atoms. The van der Waals surface area contributed by atoms with Crippen LogP contribution < -0.4 is 20.1 Å². The number of benzene rings is 2. The maximum atomic E-state index is 12.3. The molecular formula is C19H21N3O4. The SMILES string of the molecule is COc1ccc(CNC(=O)Nc2ccc3c(c2)C(=O)N(C)CCO3)cc1. The molecule has 1 heterocycles. The average Bonchev–Trinajstić information content (AvgIpc) is 2.80. The fraction of sp³-hybridized carbons (Fsp3) is 0.263. The van der Waals surface area contributed by atoms with Gasteiger partial charge in [-0.15, -0.1) is 0 Å². The van der Waals surface area contributed by atoms with Gasteiger partial charge in [0.25, 0.3) is 5.91 Å². The third kappa shape index (κ3) is 4.05. The number of methoxy groups -OCH3 is 1. The average molecular weight is 355 g/mol. The molecule has 0 radical (unpaired) electrons. The van der Waals surface area contributed by atoms with E-state index in [2.05, 4.69) is 10.6 Å². The highest BCUT2D eigenvalue weighted by Gasteiger charge is 2.21.